The van der Waals surface area contributed by atoms with Gasteiger partial charge in [0.05, 0.1) is 0 Å². The Hall–Kier alpha value is -0.570. The summed E-state index contributed by atoms with van der Waals surface area (Å²) in [6.07, 6.45) is 0.756. The SMILES string of the molecule is CNCC(C)C(C)(C)NC=O. The highest BCUT2D eigenvalue weighted by Gasteiger charge is 2.23. The van der Waals surface area contributed by atoms with Crippen molar-refractivity contribution in [2.45, 2.75) is 26.3 Å². The molecule has 0 heterocycles. The number of carbonyl (C=O) groups is 1. The van der Waals surface area contributed by atoms with Crippen molar-refractivity contribution in [2.75, 3.05) is 13.6 Å². The lowest BCUT2D eigenvalue weighted by Gasteiger charge is -2.31. The van der Waals surface area contributed by atoms with Crippen LogP contribution < -0.4 is 10.6 Å². The summed E-state index contributed by atoms with van der Waals surface area (Å²) in [6.45, 7) is 7.05. The maximum atomic E-state index is 10.2. The quantitative estimate of drug-likeness (QED) is 0.567. The van der Waals surface area contributed by atoms with Crippen molar-refractivity contribution in [3.05, 3.63) is 0 Å². The summed E-state index contributed by atoms with van der Waals surface area (Å²) < 4.78 is 0. The molecule has 11 heavy (non-hydrogen) atoms. The number of nitrogens with one attached hydrogen (secondary N) is 2. The monoisotopic (exact) mass is 158 g/mol. The van der Waals surface area contributed by atoms with Gasteiger partial charge < -0.3 is 10.6 Å². The predicted molar refractivity (Wildman–Crippen MR) is 46.4 cm³/mol. The topological polar surface area (TPSA) is 41.1 Å². The first-order valence-electron chi connectivity index (χ1n) is 3.90. The van der Waals surface area contributed by atoms with Crippen molar-refractivity contribution in [2.24, 2.45) is 5.92 Å². The van der Waals surface area contributed by atoms with E-state index in [4.69, 9.17) is 0 Å². The van der Waals surface area contributed by atoms with Crippen LogP contribution in [0.3, 0.4) is 0 Å². The maximum absolute atomic E-state index is 10.2. The Kier molecular flexibility index (Phi) is 4.11. The molecule has 0 aliphatic rings. The van der Waals surface area contributed by atoms with Gasteiger partial charge in [0.2, 0.25) is 6.41 Å². The predicted octanol–water partition coefficient (Wildman–Crippen LogP) is 0.366. The van der Waals surface area contributed by atoms with Crippen LogP contribution in [-0.4, -0.2) is 25.5 Å². The Morgan fingerprint density at radius 1 is 1.55 bits per heavy atom. The minimum atomic E-state index is -0.120. The molecular formula is C8H18N2O. The summed E-state index contributed by atoms with van der Waals surface area (Å²) in [6, 6.07) is 0. The fourth-order valence-electron chi connectivity index (χ4n) is 0.855. The van der Waals surface area contributed by atoms with Crippen LogP contribution in [0, 0.1) is 5.92 Å². The number of carbonyl (C=O) groups excluding carboxylic acids is 1. The molecule has 1 amide bonds. The van der Waals surface area contributed by atoms with E-state index in [1.165, 1.54) is 0 Å². The first kappa shape index (κ1) is 10.4. The normalized spacial score (nSPS) is 14.2. The maximum Gasteiger partial charge on any atom is 0.207 e. The van der Waals surface area contributed by atoms with E-state index in [-0.39, 0.29) is 5.54 Å². The minimum Gasteiger partial charge on any atom is -0.353 e. The van der Waals surface area contributed by atoms with Crippen molar-refractivity contribution in [3.8, 4) is 0 Å². The summed E-state index contributed by atoms with van der Waals surface area (Å²) in [5.74, 6) is 0.428. The van der Waals surface area contributed by atoms with E-state index in [1.807, 2.05) is 20.9 Å². The molecule has 0 radical (unpaired) electrons. The first-order valence-corrected chi connectivity index (χ1v) is 3.90. The summed E-state index contributed by atoms with van der Waals surface area (Å²) in [5, 5.41) is 5.86. The van der Waals surface area contributed by atoms with Crippen LogP contribution in [0.15, 0.2) is 0 Å². The molecule has 1 atom stereocenters. The molecule has 3 heteroatoms. The molecular weight excluding hydrogens is 140 g/mol. The summed E-state index contributed by atoms with van der Waals surface area (Å²) in [7, 11) is 1.91. The molecule has 0 saturated heterocycles. The molecule has 66 valence electrons. The zero-order chi connectivity index (χ0) is 8.91. The lowest BCUT2D eigenvalue weighted by Crippen LogP contribution is -2.47. The molecule has 1 unspecified atom stereocenters. The third-order valence-electron chi connectivity index (χ3n) is 2.17. The Morgan fingerprint density at radius 3 is 2.45 bits per heavy atom. The van der Waals surface area contributed by atoms with E-state index in [0.29, 0.717) is 5.92 Å². The number of rotatable bonds is 5. The Bertz CT molecular complexity index is 123. The van der Waals surface area contributed by atoms with E-state index >= 15 is 0 Å². The second-order valence-corrected chi connectivity index (χ2v) is 3.44. The van der Waals surface area contributed by atoms with Gasteiger partial charge in [-0.1, -0.05) is 6.92 Å². The Morgan fingerprint density at radius 2 is 2.09 bits per heavy atom. The zero-order valence-electron chi connectivity index (χ0n) is 7.77. The highest BCUT2D eigenvalue weighted by atomic mass is 16.1. The molecule has 0 saturated carbocycles. The average Bonchev–Trinajstić information content (AvgIpc) is 1.88. The van der Waals surface area contributed by atoms with Crippen LogP contribution in [0.1, 0.15) is 20.8 Å². The van der Waals surface area contributed by atoms with E-state index in [1.54, 1.807) is 0 Å². The first-order chi connectivity index (χ1) is 5.04. The van der Waals surface area contributed by atoms with Gasteiger partial charge in [-0.05, 0) is 33.4 Å². The molecule has 0 spiro atoms. The average molecular weight is 158 g/mol. The number of hydrogen-bond donors (Lipinski definition) is 2. The van der Waals surface area contributed by atoms with Gasteiger partial charge in [-0.25, -0.2) is 0 Å². The zero-order valence-corrected chi connectivity index (χ0v) is 7.77. The largest absolute Gasteiger partial charge is 0.353 e. The van der Waals surface area contributed by atoms with E-state index < -0.39 is 0 Å². The molecule has 0 rings (SSSR count). The smallest absolute Gasteiger partial charge is 0.207 e. The van der Waals surface area contributed by atoms with Crippen LogP contribution in [0.25, 0.3) is 0 Å². The lowest BCUT2D eigenvalue weighted by molar-refractivity contribution is -0.111. The molecule has 2 N–H and O–H groups in total. The molecule has 0 aliphatic heterocycles. The fourth-order valence-corrected chi connectivity index (χ4v) is 0.855. The lowest BCUT2D eigenvalue weighted by atomic mass is 9.89. The van der Waals surface area contributed by atoms with Crippen molar-refractivity contribution < 1.29 is 4.79 Å². The molecule has 0 aromatic heterocycles. The molecule has 0 bridgehead atoms. The molecule has 0 aromatic carbocycles. The second-order valence-electron chi connectivity index (χ2n) is 3.44. The highest BCUT2D eigenvalue weighted by Crippen LogP contribution is 2.13. The van der Waals surface area contributed by atoms with Crippen molar-refractivity contribution in [1.29, 1.82) is 0 Å². The number of amides is 1. The van der Waals surface area contributed by atoms with Gasteiger partial charge in [0.15, 0.2) is 0 Å². The van der Waals surface area contributed by atoms with Gasteiger partial charge in [0, 0.05) is 5.54 Å². The highest BCUT2D eigenvalue weighted by molar-refractivity contribution is 5.47. The Balaban J connectivity index is 3.93. The van der Waals surface area contributed by atoms with Crippen molar-refractivity contribution in [1.82, 2.24) is 10.6 Å². The fraction of sp³-hybridized carbons (Fsp3) is 0.875. The summed E-state index contributed by atoms with van der Waals surface area (Å²) in [5.41, 5.74) is -0.120. The van der Waals surface area contributed by atoms with Gasteiger partial charge in [0.25, 0.3) is 0 Å². The van der Waals surface area contributed by atoms with E-state index in [9.17, 15) is 4.79 Å². The van der Waals surface area contributed by atoms with Gasteiger partial charge >= 0.3 is 0 Å². The van der Waals surface area contributed by atoms with Crippen LogP contribution in [0.4, 0.5) is 0 Å². The second kappa shape index (κ2) is 4.34. The van der Waals surface area contributed by atoms with Crippen LogP contribution in [-0.2, 0) is 4.79 Å². The van der Waals surface area contributed by atoms with Crippen LogP contribution in [0.5, 0.6) is 0 Å². The Labute approximate surface area is 68.6 Å². The molecule has 0 fully saturated rings. The van der Waals surface area contributed by atoms with E-state index in [0.717, 1.165) is 13.0 Å². The summed E-state index contributed by atoms with van der Waals surface area (Å²) in [4.78, 5) is 10.2. The standard InChI is InChI=1S/C8H18N2O/c1-7(5-9-4)8(2,3)10-6-11/h6-7,9H,5H2,1-4H3,(H,10,11). The third kappa shape index (κ3) is 3.37. The van der Waals surface area contributed by atoms with Gasteiger partial charge in [-0.15, -0.1) is 0 Å². The van der Waals surface area contributed by atoms with Crippen molar-refractivity contribution >= 4 is 6.41 Å². The van der Waals surface area contributed by atoms with E-state index in [2.05, 4.69) is 17.6 Å². The third-order valence-corrected chi connectivity index (χ3v) is 2.17. The van der Waals surface area contributed by atoms with Gasteiger partial charge in [-0.2, -0.15) is 0 Å². The summed E-state index contributed by atoms with van der Waals surface area (Å²) >= 11 is 0. The molecule has 3 nitrogen and oxygen atoms in total. The van der Waals surface area contributed by atoms with Crippen LogP contribution in [0.2, 0.25) is 0 Å². The van der Waals surface area contributed by atoms with Crippen LogP contribution >= 0.6 is 0 Å². The van der Waals surface area contributed by atoms with Gasteiger partial charge in [-0.3, -0.25) is 4.79 Å². The van der Waals surface area contributed by atoms with Gasteiger partial charge in [0.1, 0.15) is 0 Å². The van der Waals surface area contributed by atoms with Crippen molar-refractivity contribution in [3.63, 3.8) is 0 Å². The molecule has 0 aliphatic carbocycles. The molecule has 0 aromatic rings. The number of hydrogen-bond acceptors (Lipinski definition) is 2. The minimum absolute atomic E-state index is 0.120.